The summed E-state index contributed by atoms with van der Waals surface area (Å²) in [7, 11) is 1.65. The van der Waals surface area contributed by atoms with E-state index < -0.39 is 0 Å². The highest BCUT2D eigenvalue weighted by atomic mass is 32.2. The van der Waals surface area contributed by atoms with Crippen molar-refractivity contribution in [1.29, 1.82) is 0 Å². The average Bonchev–Trinajstić information content (AvgIpc) is 3.24. The second-order valence-corrected chi connectivity index (χ2v) is 9.32. The topological polar surface area (TPSA) is 45.7 Å². The van der Waals surface area contributed by atoms with Crippen LogP contribution in [0.1, 0.15) is 26.7 Å². The maximum absolute atomic E-state index is 13.2. The Hall–Kier alpha value is -2.09. The Bertz CT molecular complexity index is 958. The number of rotatable bonds is 12. The van der Waals surface area contributed by atoms with E-state index in [9.17, 15) is 4.79 Å². The number of methoxy groups -OCH3 is 1. The van der Waals surface area contributed by atoms with Gasteiger partial charge in [-0.1, -0.05) is 49.4 Å². The van der Waals surface area contributed by atoms with Crippen LogP contribution in [0.15, 0.2) is 53.4 Å². The lowest BCUT2D eigenvalue weighted by molar-refractivity contribution is -0.118. The lowest BCUT2D eigenvalue weighted by Gasteiger charge is -2.24. The summed E-state index contributed by atoms with van der Waals surface area (Å²) in [6.45, 7) is 7.73. The van der Waals surface area contributed by atoms with Crippen molar-refractivity contribution >= 4 is 44.4 Å². The van der Waals surface area contributed by atoms with Crippen LogP contribution in [0.25, 0.3) is 10.2 Å². The second-order valence-electron chi connectivity index (χ2n) is 7.14. The third-order valence-electron chi connectivity index (χ3n) is 5.20. The van der Waals surface area contributed by atoms with E-state index >= 15 is 0 Å². The lowest BCUT2D eigenvalue weighted by Crippen LogP contribution is -2.38. The van der Waals surface area contributed by atoms with E-state index in [4.69, 9.17) is 9.72 Å². The van der Waals surface area contributed by atoms with E-state index in [0.29, 0.717) is 13.0 Å². The first-order valence-electron chi connectivity index (χ1n) is 10.8. The van der Waals surface area contributed by atoms with Gasteiger partial charge in [0.15, 0.2) is 5.13 Å². The molecule has 1 amide bonds. The normalized spacial score (nSPS) is 11.2. The number of thioether (sulfide) groups is 1. The lowest BCUT2D eigenvalue weighted by atomic mass is 10.3. The molecule has 0 fully saturated rings. The van der Waals surface area contributed by atoms with E-state index in [1.54, 1.807) is 30.2 Å². The van der Waals surface area contributed by atoms with Crippen LogP contribution in [0.5, 0.6) is 5.75 Å². The smallest absolute Gasteiger partial charge is 0.228 e. The Morgan fingerprint density at radius 1 is 1.06 bits per heavy atom. The van der Waals surface area contributed by atoms with Crippen molar-refractivity contribution in [2.24, 2.45) is 0 Å². The van der Waals surface area contributed by atoms with Crippen molar-refractivity contribution in [2.45, 2.75) is 31.6 Å². The fourth-order valence-electron chi connectivity index (χ4n) is 3.37. The number of hydrogen-bond donors (Lipinski definition) is 0. The molecule has 0 unspecified atom stereocenters. The molecule has 0 saturated heterocycles. The van der Waals surface area contributed by atoms with Gasteiger partial charge in [-0.3, -0.25) is 9.69 Å². The molecule has 0 radical (unpaired) electrons. The average molecular weight is 458 g/mol. The van der Waals surface area contributed by atoms with Crippen LogP contribution in [0.4, 0.5) is 5.13 Å². The van der Waals surface area contributed by atoms with Crippen LogP contribution in [-0.4, -0.2) is 54.8 Å². The Labute approximate surface area is 193 Å². The third-order valence-corrected chi connectivity index (χ3v) is 7.35. The number of anilines is 1. The van der Waals surface area contributed by atoms with E-state index in [-0.39, 0.29) is 5.91 Å². The summed E-state index contributed by atoms with van der Waals surface area (Å²) in [4.78, 5) is 23.4. The molecule has 5 nitrogen and oxygen atoms in total. The number of carbonyl (C=O) groups is 1. The first kappa shape index (κ1) is 23.6. The molecule has 7 heteroatoms. The molecular weight excluding hydrogens is 426 g/mol. The molecule has 0 saturated carbocycles. The van der Waals surface area contributed by atoms with Crippen LogP contribution in [0, 0.1) is 0 Å². The van der Waals surface area contributed by atoms with Crippen LogP contribution >= 0.6 is 23.1 Å². The Morgan fingerprint density at radius 2 is 1.84 bits per heavy atom. The van der Waals surface area contributed by atoms with Crippen molar-refractivity contribution in [3.63, 3.8) is 0 Å². The molecule has 3 aromatic rings. The van der Waals surface area contributed by atoms with Crippen molar-refractivity contribution in [3.05, 3.63) is 48.5 Å². The van der Waals surface area contributed by atoms with Gasteiger partial charge in [-0.2, -0.15) is 0 Å². The van der Waals surface area contributed by atoms with E-state index in [1.165, 1.54) is 4.90 Å². The fourth-order valence-corrected chi connectivity index (χ4v) is 5.27. The maximum Gasteiger partial charge on any atom is 0.228 e. The number of carbonyl (C=O) groups excluding carboxylic acids is 1. The minimum Gasteiger partial charge on any atom is -0.494 e. The SMILES string of the molecule is CCN(CC)CCN(C(=O)CCCSc1ccccc1)c1nc2c(OC)cccc2s1. The van der Waals surface area contributed by atoms with Crippen LogP contribution < -0.4 is 9.64 Å². The number of thiazole rings is 1. The first-order valence-corrected chi connectivity index (χ1v) is 12.6. The summed E-state index contributed by atoms with van der Waals surface area (Å²) in [5, 5.41) is 0.757. The Morgan fingerprint density at radius 3 is 2.55 bits per heavy atom. The Kier molecular flexibility index (Phi) is 9.18. The van der Waals surface area contributed by atoms with Crippen LogP contribution in [0.3, 0.4) is 0 Å². The number of amides is 1. The molecule has 0 spiro atoms. The molecule has 0 bridgehead atoms. The molecule has 166 valence electrons. The standard InChI is InChI=1S/C24H31N3O2S2/c1-4-26(5-2)16-17-27(22(28)15-10-18-30-19-11-7-6-8-12-19)24-25-23-20(29-3)13-9-14-21(23)31-24/h6-9,11-14H,4-5,10,15-18H2,1-3H3. The number of aromatic nitrogens is 1. The summed E-state index contributed by atoms with van der Waals surface area (Å²) in [5.74, 6) is 1.81. The van der Waals surface area contributed by atoms with Crippen molar-refractivity contribution in [2.75, 3.05) is 43.9 Å². The number of hydrogen-bond acceptors (Lipinski definition) is 6. The number of ether oxygens (including phenoxy) is 1. The Balaban J connectivity index is 1.70. The number of fused-ring (bicyclic) bond motifs is 1. The third kappa shape index (κ3) is 6.45. The van der Waals surface area contributed by atoms with Gasteiger partial charge in [0.1, 0.15) is 11.3 Å². The minimum absolute atomic E-state index is 0.138. The van der Waals surface area contributed by atoms with Gasteiger partial charge < -0.3 is 9.64 Å². The summed E-state index contributed by atoms with van der Waals surface area (Å²) < 4.78 is 6.50. The fraction of sp³-hybridized carbons (Fsp3) is 0.417. The van der Waals surface area contributed by atoms with Crippen LogP contribution in [-0.2, 0) is 4.79 Å². The van der Waals surface area contributed by atoms with Gasteiger partial charge in [0.05, 0.1) is 11.8 Å². The summed E-state index contributed by atoms with van der Waals surface area (Å²) in [6, 6.07) is 16.2. The zero-order chi connectivity index (χ0) is 22.1. The monoisotopic (exact) mass is 457 g/mol. The molecule has 0 aliphatic rings. The summed E-state index contributed by atoms with van der Waals surface area (Å²) in [5.41, 5.74) is 0.824. The predicted octanol–water partition coefficient (Wildman–Crippen LogP) is 5.55. The van der Waals surface area contributed by atoms with Gasteiger partial charge >= 0.3 is 0 Å². The predicted molar refractivity (Wildman–Crippen MR) is 133 cm³/mol. The molecular formula is C24H31N3O2S2. The maximum atomic E-state index is 13.2. The molecule has 0 aliphatic heterocycles. The van der Waals surface area contributed by atoms with Gasteiger partial charge in [-0.15, -0.1) is 11.8 Å². The summed E-state index contributed by atoms with van der Waals surface area (Å²) >= 11 is 3.35. The second kappa shape index (κ2) is 12.1. The largest absolute Gasteiger partial charge is 0.494 e. The van der Waals surface area contributed by atoms with Gasteiger partial charge in [0.2, 0.25) is 5.91 Å². The van der Waals surface area contributed by atoms with E-state index in [1.807, 2.05) is 41.3 Å². The molecule has 1 aromatic heterocycles. The zero-order valence-electron chi connectivity index (χ0n) is 18.5. The van der Waals surface area contributed by atoms with Gasteiger partial charge in [0, 0.05) is 24.4 Å². The molecule has 2 aromatic carbocycles. The molecule has 0 aliphatic carbocycles. The first-order chi connectivity index (χ1) is 15.2. The van der Waals surface area contributed by atoms with Crippen molar-refractivity contribution in [3.8, 4) is 5.75 Å². The number of benzene rings is 2. The summed E-state index contributed by atoms with van der Waals surface area (Å²) in [6.07, 6.45) is 1.36. The molecule has 1 heterocycles. The highest BCUT2D eigenvalue weighted by Gasteiger charge is 2.21. The number of likely N-dealkylation sites (N-methyl/N-ethyl adjacent to an activating group) is 1. The minimum atomic E-state index is 0.138. The van der Waals surface area contributed by atoms with E-state index in [0.717, 1.165) is 52.9 Å². The van der Waals surface area contributed by atoms with Gasteiger partial charge in [-0.25, -0.2) is 4.98 Å². The van der Waals surface area contributed by atoms with E-state index in [2.05, 4.69) is 30.9 Å². The number of nitrogens with zero attached hydrogens (tertiary/aromatic N) is 3. The quantitative estimate of drug-likeness (QED) is 0.263. The molecule has 0 N–H and O–H groups in total. The highest BCUT2D eigenvalue weighted by Crippen LogP contribution is 2.34. The van der Waals surface area contributed by atoms with Crippen molar-refractivity contribution < 1.29 is 9.53 Å². The molecule has 3 rings (SSSR count). The molecule has 31 heavy (non-hydrogen) atoms. The van der Waals surface area contributed by atoms with Gasteiger partial charge in [-0.05, 0) is 49.5 Å². The number of para-hydroxylation sites is 1. The molecule has 0 atom stereocenters. The zero-order valence-corrected chi connectivity index (χ0v) is 20.2. The van der Waals surface area contributed by atoms with Crippen LogP contribution in [0.2, 0.25) is 0 Å². The van der Waals surface area contributed by atoms with Crippen molar-refractivity contribution in [1.82, 2.24) is 9.88 Å². The highest BCUT2D eigenvalue weighted by molar-refractivity contribution is 7.99. The van der Waals surface area contributed by atoms with Gasteiger partial charge in [0.25, 0.3) is 0 Å².